The zero-order valence-corrected chi connectivity index (χ0v) is 14.4. The van der Waals surface area contributed by atoms with Crippen LogP contribution in [0.2, 0.25) is 5.22 Å². The molecule has 2 aromatic heterocycles. The first-order valence-corrected chi connectivity index (χ1v) is 7.91. The minimum Gasteiger partial charge on any atom is -0.493 e. The van der Waals surface area contributed by atoms with E-state index in [0.717, 1.165) is 4.57 Å². The van der Waals surface area contributed by atoms with Gasteiger partial charge in [0.25, 0.3) is 5.56 Å². The van der Waals surface area contributed by atoms with Gasteiger partial charge in [-0.1, -0.05) is 18.5 Å². The van der Waals surface area contributed by atoms with E-state index in [9.17, 15) is 15.2 Å². The zero-order chi connectivity index (χ0) is 18.4. The topological polar surface area (TPSA) is 126 Å². The molecule has 0 amide bonds. The molecule has 2 heterocycles. The molecule has 132 valence electrons. The summed E-state index contributed by atoms with van der Waals surface area (Å²) < 4.78 is 10.8. The normalized spacial score (nSPS) is 11.1. The van der Waals surface area contributed by atoms with Crippen LogP contribution in [0.25, 0.3) is 0 Å². The minimum atomic E-state index is -0.639. The van der Waals surface area contributed by atoms with Crippen molar-refractivity contribution in [2.75, 3.05) is 6.61 Å². The SMILES string of the molecule is CCCc1c(N=Nc2cc(Cl)on2)c(O)n(COCC)c(=O)c1C#N. The quantitative estimate of drug-likeness (QED) is 0.749. The Hall–Kier alpha value is -2.70. The average Bonchev–Trinajstić information content (AvgIpc) is 3.00. The first-order valence-electron chi connectivity index (χ1n) is 7.53. The highest BCUT2D eigenvalue weighted by Crippen LogP contribution is 2.33. The molecule has 0 saturated carbocycles. The molecular formula is C15H16ClN5O4. The third-order valence-corrected chi connectivity index (χ3v) is 3.45. The number of azo groups is 1. The Morgan fingerprint density at radius 2 is 2.24 bits per heavy atom. The second kappa shape index (κ2) is 8.41. The molecule has 10 heteroatoms. The fraction of sp³-hybridized carbons (Fsp3) is 0.400. The number of ether oxygens (including phenoxy) is 1. The van der Waals surface area contributed by atoms with E-state index in [2.05, 4.69) is 19.9 Å². The highest BCUT2D eigenvalue weighted by molar-refractivity contribution is 6.28. The molecule has 0 unspecified atom stereocenters. The van der Waals surface area contributed by atoms with Gasteiger partial charge in [-0.25, -0.2) is 0 Å². The van der Waals surface area contributed by atoms with Crippen LogP contribution in [0.1, 0.15) is 31.4 Å². The molecule has 0 aliphatic heterocycles. The fourth-order valence-corrected chi connectivity index (χ4v) is 2.28. The lowest BCUT2D eigenvalue weighted by molar-refractivity contribution is 0.0795. The summed E-state index contributed by atoms with van der Waals surface area (Å²) in [6.07, 6.45) is 1.01. The van der Waals surface area contributed by atoms with Crippen molar-refractivity contribution in [1.82, 2.24) is 9.72 Å². The number of hydrogen-bond acceptors (Lipinski definition) is 8. The van der Waals surface area contributed by atoms with Crippen molar-refractivity contribution < 1.29 is 14.4 Å². The van der Waals surface area contributed by atoms with Gasteiger partial charge in [-0.2, -0.15) is 5.26 Å². The summed E-state index contributed by atoms with van der Waals surface area (Å²) in [5.41, 5.74) is -0.415. The highest BCUT2D eigenvalue weighted by atomic mass is 35.5. The van der Waals surface area contributed by atoms with Crippen LogP contribution in [0.4, 0.5) is 11.5 Å². The number of rotatable bonds is 7. The summed E-state index contributed by atoms with van der Waals surface area (Å²) in [5, 5.41) is 31.2. The first kappa shape index (κ1) is 18.6. The number of nitrogens with zero attached hydrogens (tertiary/aromatic N) is 5. The van der Waals surface area contributed by atoms with Crippen LogP contribution in [0, 0.1) is 11.3 Å². The van der Waals surface area contributed by atoms with Crippen LogP contribution < -0.4 is 5.56 Å². The maximum Gasteiger partial charge on any atom is 0.273 e. The number of halogens is 1. The van der Waals surface area contributed by atoms with E-state index < -0.39 is 11.4 Å². The van der Waals surface area contributed by atoms with E-state index in [0.29, 0.717) is 25.0 Å². The maximum absolute atomic E-state index is 12.4. The molecule has 0 radical (unpaired) electrons. The lowest BCUT2D eigenvalue weighted by Crippen LogP contribution is -2.25. The standard InChI is InChI=1S/C15H16ClN5O4/c1-3-5-9-10(7-17)14(22)21(8-24-4-2)15(23)13(9)19-18-12-6-11(16)25-20-12/h6,23H,3-5,8H2,1-2H3. The van der Waals surface area contributed by atoms with E-state index in [-0.39, 0.29) is 29.0 Å². The Kier molecular flexibility index (Phi) is 6.27. The van der Waals surface area contributed by atoms with Crippen molar-refractivity contribution in [3.05, 3.63) is 32.8 Å². The number of aromatic hydroxyl groups is 1. The summed E-state index contributed by atoms with van der Waals surface area (Å²) in [5.74, 6) is -0.341. The van der Waals surface area contributed by atoms with Gasteiger partial charge in [-0.15, -0.1) is 10.2 Å². The molecule has 2 aromatic rings. The third kappa shape index (κ3) is 4.04. The van der Waals surface area contributed by atoms with Crippen LogP contribution in [0.5, 0.6) is 5.88 Å². The van der Waals surface area contributed by atoms with Crippen LogP contribution in [-0.2, 0) is 17.9 Å². The van der Waals surface area contributed by atoms with E-state index in [1.165, 1.54) is 6.07 Å². The van der Waals surface area contributed by atoms with Crippen molar-refractivity contribution in [3.63, 3.8) is 0 Å². The number of hydrogen-bond donors (Lipinski definition) is 1. The van der Waals surface area contributed by atoms with E-state index in [1.807, 2.05) is 13.0 Å². The number of pyridine rings is 1. The Morgan fingerprint density at radius 1 is 1.48 bits per heavy atom. The molecule has 1 N–H and O–H groups in total. The van der Waals surface area contributed by atoms with Crippen molar-refractivity contribution in [2.24, 2.45) is 10.2 Å². The highest BCUT2D eigenvalue weighted by Gasteiger charge is 2.21. The molecule has 0 saturated heterocycles. The Bertz CT molecular complexity index is 881. The minimum absolute atomic E-state index is 0.0109. The Labute approximate surface area is 148 Å². The van der Waals surface area contributed by atoms with E-state index in [1.54, 1.807) is 6.92 Å². The zero-order valence-electron chi connectivity index (χ0n) is 13.7. The molecule has 0 aliphatic carbocycles. The van der Waals surface area contributed by atoms with Crippen molar-refractivity contribution >= 4 is 23.1 Å². The first-order chi connectivity index (χ1) is 12.0. The van der Waals surface area contributed by atoms with Crippen molar-refractivity contribution in [1.29, 1.82) is 5.26 Å². The van der Waals surface area contributed by atoms with Crippen LogP contribution in [0.15, 0.2) is 25.6 Å². The maximum atomic E-state index is 12.4. The lowest BCUT2D eigenvalue weighted by atomic mass is 10.0. The summed E-state index contributed by atoms with van der Waals surface area (Å²) in [6.45, 7) is 3.75. The van der Waals surface area contributed by atoms with Crippen LogP contribution in [-0.4, -0.2) is 21.4 Å². The second-order valence-electron chi connectivity index (χ2n) is 4.93. The van der Waals surface area contributed by atoms with E-state index in [4.69, 9.17) is 16.3 Å². The molecular weight excluding hydrogens is 350 g/mol. The fourth-order valence-electron chi connectivity index (χ4n) is 2.15. The molecule has 25 heavy (non-hydrogen) atoms. The molecule has 0 bridgehead atoms. The summed E-state index contributed by atoms with van der Waals surface area (Å²) >= 11 is 5.62. The summed E-state index contributed by atoms with van der Waals surface area (Å²) in [4.78, 5) is 12.4. The summed E-state index contributed by atoms with van der Waals surface area (Å²) in [6, 6.07) is 3.21. The number of nitriles is 1. The van der Waals surface area contributed by atoms with Gasteiger partial charge in [0.05, 0.1) is 0 Å². The van der Waals surface area contributed by atoms with Gasteiger partial charge in [0.15, 0.2) is 5.69 Å². The third-order valence-electron chi connectivity index (χ3n) is 3.27. The van der Waals surface area contributed by atoms with Gasteiger partial charge in [0.2, 0.25) is 16.9 Å². The Balaban J connectivity index is 2.63. The largest absolute Gasteiger partial charge is 0.493 e. The second-order valence-corrected chi connectivity index (χ2v) is 5.30. The lowest BCUT2D eigenvalue weighted by Gasteiger charge is -2.14. The number of aromatic nitrogens is 2. The van der Waals surface area contributed by atoms with Gasteiger partial charge in [0, 0.05) is 18.2 Å². The van der Waals surface area contributed by atoms with Crippen molar-refractivity contribution in [2.45, 2.75) is 33.4 Å². The van der Waals surface area contributed by atoms with E-state index >= 15 is 0 Å². The predicted octanol–water partition coefficient (Wildman–Crippen LogP) is 3.43. The monoisotopic (exact) mass is 365 g/mol. The Morgan fingerprint density at radius 3 is 2.80 bits per heavy atom. The van der Waals surface area contributed by atoms with Gasteiger partial charge >= 0.3 is 0 Å². The average molecular weight is 366 g/mol. The molecule has 2 rings (SSSR count). The molecule has 9 nitrogen and oxygen atoms in total. The van der Waals surface area contributed by atoms with Gasteiger partial charge < -0.3 is 14.4 Å². The van der Waals surface area contributed by atoms with Crippen LogP contribution >= 0.6 is 11.6 Å². The predicted molar refractivity (Wildman–Crippen MR) is 88.4 cm³/mol. The van der Waals surface area contributed by atoms with Gasteiger partial charge in [-0.3, -0.25) is 9.36 Å². The molecule has 0 atom stereocenters. The smallest absolute Gasteiger partial charge is 0.273 e. The molecule has 0 spiro atoms. The van der Waals surface area contributed by atoms with Crippen molar-refractivity contribution in [3.8, 4) is 11.9 Å². The molecule has 0 fully saturated rings. The van der Waals surface area contributed by atoms with Gasteiger partial charge in [-0.05, 0) is 24.9 Å². The van der Waals surface area contributed by atoms with Crippen LogP contribution in [0.3, 0.4) is 0 Å². The van der Waals surface area contributed by atoms with Gasteiger partial charge in [0.1, 0.15) is 18.4 Å². The molecule has 0 aliphatic rings. The molecule has 0 aromatic carbocycles. The summed E-state index contributed by atoms with van der Waals surface area (Å²) in [7, 11) is 0.